The van der Waals surface area contributed by atoms with Gasteiger partial charge in [-0.05, 0) is 50.4 Å². The quantitative estimate of drug-likeness (QED) is 0.803. The molecule has 1 aromatic rings. The number of rotatable bonds is 5. The zero-order chi connectivity index (χ0) is 12.3. The molecule has 17 heavy (non-hydrogen) atoms. The highest BCUT2D eigenvalue weighted by Crippen LogP contribution is 2.40. The van der Waals surface area contributed by atoms with Crippen molar-refractivity contribution >= 4 is 5.91 Å². The number of hydrogen-bond acceptors (Lipinski definition) is 3. The number of hydrogen-bond donors (Lipinski definition) is 2. The number of carbonyl (C=O) groups is 1. The van der Waals surface area contributed by atoms with Gasteiger partial charge in [-0.2, -0.15) is 0 Å². The van der Waals surface area contributed by atoms with Crippen molar-refractivity contribution in [2.24, 2.45) is 5.92 Å². The molecule has 1 aromatic heterocycles. The molecule has 1 heterocycles. The van der Waals surface area contributed by atoms with Crippen LogP contribution in [0.1, 0.15) is 30.1 Å². The molecule has 4 heteroatoms. The lowest BCUT2D eigenvalue weighted by Gasteiger charge is -2.18. The number of pyridine rings is 1. The molecule has 1 aliphatic carbocycles. The van der Waals surface area contributed by atoms with E-state index in [1.54, 1.807) is 7.05 Å². The smallest absolute Gasteiger partial charge is 0.234 e. The lowest BCUT2D eigenvalue weighted by Crippen LogP contribution is -2.36. The van der Waals surface area contributed by atoms with Crippen LogP contribution in [0, 0.1) is 12.8 Å². The first-order chi connectivity index (χ1) is 8.20. The largest absolute Gasteiger partial charge is 0.346 e. The summed E-state index contributed by atoms with van der Waals surface area (Å²) in [6, 6.07) is 4.11. The highest BCUT2D eigenvalue weighted by atomic mass is 16.2. The molecule has 0 aromatic carbocycles. The van der Waals surface area contributed by atoms with Crippen LogP contribution in [0.2, 0.25) is 0 Å². The van der Waals surface area contributed by atoms with Gasteiger partial charge in [0.05, 0.1) is 18.3 Å². The first kappa shape index (κ1) is 12.0. The van der Waals surface area contributed by atoms with Gasteiger partial charge < -0.3 is 10.6 Å². The summed E-state index contributed by atoms with van der Waals surface area (Å²) in [5.74, 6) is 0.595. The van der Waals surface area contributed by atoms with Crippen molar-refractivity contribution in [2.75, 3.05) is 13.6 Å². The Morgan fingerprint density at radius 2 is 2.35 bits per heavy atom. The second-order valence-electron chi connectivity index (χ2n) is 4.67. The first-order valence-corrected chi connectivity index (χ1v) is 6.07. The molecule has 1 aliphatic rings. The van der Waals surface area contributed by atoms with Gasteiger partial charge >= 0.3 is 0 Å². The topological polar surface area (TPSA) is 54.0 Å². The maximum absolute atomic E-state index is 11.6. The van der Waals surface area contributed by atoms with Crippen LogP contribution in [0.4, 0.5) is 0 Å². The minimum Gasteiger partial charge on any atom is -0.346 e. The van der Waals surface area contributed by atoms with Crippen LogP contribution in [0.15, 0.2) is 18.3 Å². The fourth-order valence-electron chi connectivity index (χ4n) is 1.98. The number of nitrogens with one attached hydrogen (secondary N) is 2. The summed E-state index contributed by atoms with van der Waals surface area (Å²) in [6.07, 6.45) is 4.17. The monoisotopic (exact) mass is 233 g/mol. The van der Waals surface area contributed by atoms with Crippen molar-refractivity contribution in [1.29, 1.82) is 0 Å². The Morgan fingerprint density at radius 3 is 2.94 bits per heavy atom. The van der Waals surface area contributed by atoms with Crippen LogP contribution in [-0.2, 0) is 4.79 Å². The Morgan fingerprint density at radius 1 is 1.59 bits per heavy atom. The molecule has 0 unspecified atom stereocenters. The molecular formula is C13H19N3O. The van der Waals surface area contributed by atoms with E-state index in [0.29, 0.717) is 12.5 Å². The predicted molar refractivity (Wildman–Crippen MR) is 66.5 cm³/mol. The van der Waals surface area contributed by atoms with E-state index >= 15 is 0 Å². The lowest BCUT2D eigenvalue weighted by atomic mass is 10.1. The second-order valence-corrected chi connectivity index (χ2v) is 4.67. The van der Waals surface area contributed by atoms with E-state index in [0.717, 1.165) is 5.69 Å². The van der Waals surface area contributed by atoms with Gasteiger partial charge in [-0.25, -0.2) is 0 Å². The molecular weight excluding hydrogens is 214 g/mol. The fourth-order valence-corrected chi connectivity index (χ4v) is 1.98. The molecule has 0 spiro atoms. The average Bonchev–Trinajstić information content (AvgIpc) is 3.10. The highest BCUT2D eigenvalue weighted by molar-refractivity contribution is 5.78. The minimum atomic E-state index is 0.0349. The molecule has 0 radical (unpaired) electrons. The molecule has 4 nitrogen and oxygen atoms in total. The maximum atomic E-state index is 11.6. The van der Waals surface area contributed by atoms with Crippen LogP contribution in [-0.4, -0.2) is 24.5 Å². The van der Waals surface area contributed by atoms with Gasteiger partial charge in [0, 0.05) is 6.20 Å². The molecule has 0 aliphatic heterocycles. The van der Waals surface area contributed by atoms with Gasteiger partial charge in [-0.3, -0.25) is 9.78 Å². The Kier molecular flexibility index (Phi) is 3.74. The molecule has 0 bridgehead atoms. The molecule has 1 saturated carbocycles. The summed E-state index contributed by atoms with van der Waals surface area (Å²) in [6.45, 7) is 2.40. The van der Waals surface area contributed by atoms with E-state index in [-0.39, 0.29) is 11.9 Å². The molecule has 2 N–H and O–H groups in total. The number of likely N-dealkylation sites (N-methyl/N-ethyl adjacent to an activating group) is 1. The zero-order valence-electron chi connectivity index (χ0n) is 10.4. The number of aromatic nitrogens is 1. The Labute approximate surface area is 102 Å². The molecule has 0 saturated heterocycles. The number of nitrogens with zero attached hydrogens (tertiary/aromatic N) is 1. The van der Waals surface area contributed by atoms with Crippen LogP contribution in [0.5, 0.6) is 0 Å². The van der Waals surface area contributed by atoms with Gasteiger partial charge in [0.25, 0.3) is 0 Å². The maximum Gasteiger partial charge on any atom is 0.234 e. The predicted octanol–water partition coefficient (Wildman–Crippen LogP) is 1.18. The summed E-state index contributed by atoms with van der Waals surface area (Å²) in [5.41, 5.74) is 2.17. The van der Waals surface area contributed by atoms with Crippen LogP contribution in [0.3, 0.4) is 0 Å². The van der Waals surface area contributed by atoms with Gasteiger partial charge in [-0.15, -0.1) is 0 Å². The summed E-state index contributed by atoms with van der Waals surface area (Å²) in [7, 11) is 1.77. The van der Waals surface area contributed by atoms with Gasteiger partial charge in [0.1, 0.15) is 0 Å². The molecule has 1 amide bonds. The summed E-state index contributed by atoms with van der Waals surface area (Å²) in [4.78, 5) is 16.0. The SMILES string of the molecule is CNCC(=O)N[C@@H](c1cc(C)ccn1)C1CC1. The molecule has 1 fully saturated rings. The summed E-state index contributed by atoms with van der Waals surface area (Å²) in [5, 5.41) is 5.92. The third-order valence-corrected chi connectivity index (χ3v) is 3.00. The third-order valence-electron chi connectivity index (χ3n) is 3.00. The fraction of sp³-hybridized carbons (Fsp3) is 0.538. The standard InChI is InChI=1S/C13H19N3O/c1-9-5-6-15-11(7-9)13(10-3-4-10)16-12(17)8-14-2/h5-7,10,13-14H,3-4,8H2,1-2H3,(H,16,17)/t13-/m1/s1. The van der Waals surface area contributed by atoms with E-state index in [2.05, 4.69) is 21.7 Å². The van der Waals surface area contributed by atoms with Crippen molar-refractivity contribution in [3.8, 4) is 0 Å². The van der Waals surface area contributed by atoms with Crippen LogP contribution >= 0.6 is 0 Å². The lowest BCUT2D eigenvalue weighted by molar-refractivity contribution is -0.121. The summed E-state index contributed by atoms with van der Waals surface area (Å²) >= 11 is 0. The number of amides is 1. The van der Waals surface area contributed by atoms with E-state index in [1.165, 1.54) is 18.4 Å². The van der Waals surface area contributed by atoms with Crippen molar-refractivity contribution in [3.63, 3.8) is 0 Å². The first-order valence-electron chi connectivity index (χ1n) is 6.07. The van der Waals surface area contributed by atoms with Crippen molar-refractivity contribution in [1.82, 2.24) is 15.6 Å². The van der Waals surface area contributed by atoms with Crippen molar-refractivity contribution < 1.29 is 4.79 Å². The highest BCUT2D eigenvalue weighted by Gasteiger charge is 2.34. The average molecular weight is 233 g/mol. The molecule has 92 valence electrons. The van der Waals surface area contributed by atoms with E-state index in [1.807, 2.05) is 19.2 Å². The Bertz CT molecular complexity index is 401. The summed E-state index contributed by atoms with van der Waals surface area (Å²) < 4.78 is 0. The van der Waals surface area contributed by atoms with E-state index in [4.69, 9.17) is 0 Å². The van der Waals surface area contributed by atoms with Gasteiger partial charge in [0.15, 0.2) is 0 Å². The zero-order valence-corrected chi connectivity index (χ0v) is 10.4. The molecule has 1 atom stereocenters. The normalized spacial score (nSPS) is 16.6. The Balaban J connectivity index is 2.09. The second kappa shape index (κ2) is 5.27. The van der Waals surface area contributed by atoms with Gasteiger partial charge in [-0.1, -0.05) is 0 Å². The minimum absolute atomic E-state index is 0.0349. The van der Waals surface area contributed by atoms with Crippen LogP contribution < -0.4 is 10.6 Å². The van der Waals surface area contributed by atoms with Crippen molar-refractivity contribution in [3.05, 3.63) is 29.6 Å². The van der Waals surface area contributed by atoms with Gasteiger partial charge in [0.2, 0.25) is 5.91 Å². The number of carbonyl (C=O) groups excluding carboxylic acids is 1. The van der Waals surface area contributed by atoms with E-state index in [9.17, 15) is 4.79 Å². The third kappa shape index (κ3) is 3.27. The Hall–Kier alpha value is -1.42. The van der Waals surface area contributed by atoms with Crippen molar-refractivity contribution in [2.45, 2.75) is 25.8 Å². The molecule has 2 rings (SSSR count). The van der Waals surface area contributed by atoms with E-state index < -0.39 is 0 Å². The van der Waals surface area contributed by atoms with Crippen LogP contribution in [0.25, 0.3) is 0 Å². The number of aryl methyl sites for hydroxylation is 1.